The van der Waals surface area contributed by atoms with Gasteiger partial charge in [-0.1, -0.05) is 15.9 Å². The van der Waals surface area contributed by atoms with Crippen LogP contribution in [0.5, 0.6) is 5.75 Å². The molecule has 6 heteroatoms. The molecule has 0 saturated carbocycles. The van der Waals surface area contributed by atoms with Crippen LogP contribution in [0.3, 0.4) is 0 Å². The van der Waals surface area contributed by atoms with E-state index < -0.39 is 0 Å². The van der Waals surface area contributed by atoms with Gasteiger partial charge in [-0.05, 0) is 18.2 Å². The molecule has 0 aliphatic rings. The predicted molar refractivity (Wildman–Crippen MR) is 73.5 cm³/mol. The van der Waals surface area contributed by atoms with E-state index >= 15 is 0 Å². The van der Waals surface area contributed by atoms with Crippen LogP contribution in [-0.4, -0.2) is 36.6 Å². The van der Waals surface area contributed by atoms with E-state index in [-0.39, 0.29) is 30.6 Å². The summed E-state index contributed by atoms with van der Waals surface area (Å²) >= 11 is 3.33. The number of benzene rings is 1. The van der Waals surface area contributed by atoms with Crippen LogP contribution in [0.4, 0.5) is 0 Å². The monoisotopic (exact) mass is 322 g/mol. The summed E-state index contributed by atoms with van der Waals surface area (Å²) in [5.41, 5.74) is 0.765. The van der Waals surface area contributed by atoms with Gasteiger partial charge >= 0.3 is 0 Å². The van der Waals surface area contributed by atoms with Gasteiger partial charge in [-0.15, -0.1) is 12.4 Å². The van der Waals surface area contributed by atoms with Crippen LogP contribution >= 0.6 is 28.3 Å². The van der Waals surface area contributed by atoms with Crippen molar-refractivity contribution in [2.24, 2.45) is 0 Å². The number of nitrogens with one attached hydrogen (secondary N) is 1. The third-order valence-electron chi connectivity index (χ3n) is 2.13. The zero-order chi connectivity index (χ0) is 12.1. The van der Waals surface area contributed by atoms with Gasteiger partial charge < -0.3 is 15.3 Å². The predicted octanol–water partition coefficient (Wildman–Crippen LogP) is 1.75. The zero-order valence-corrected chi connectivity index (χ0v) is 12.1. The van der Waals surface area contributed by atoms with Gasteiger partial charge in [-0.2, -0.15) is 0 Å². The minimum Gasteiger partial charge on any atom is -0.508 e. The summed E-state index contributed by atoms with van der Waals surface area (Å²) in [5, 5.41) is 12.5. The van der Waals surface area contributed by atoms with E-state index in [4.69, 9.17) is 0 Å². The largest absolute Gasteiger partial charge is 0.508 e. The van der Waals surface area contributed by atoms with Crippen molar-refractivity contribution < 1.29 is 9.90 Å². The minimum atomic E-state index is 0. The van der Waals surface area contributed by atoms with Crippen molar-refractivity contribution in [1.29, 1.82) is 0 Å². The fourth-order valence-corrected chi connectivity index (χ4v) is 1.57. The molecule has 0 aromatic heterocycles. The Morgan fingerprint density at radius 3 is 2.71 bits per heavy atom. The van der Waals surface area contributed by atoms with Gasteiger partial charge in [0.2, 0.25) is 5.91 Å². The molecular weight excluding hydrogens is 307 g/mol. The van der Waals surface area contributed by atoms with E-state index in [0.29, 0.717) is 6.54 Å². The number of rotatable bonds is 4. The van der Waals surface area contributed by atoms with Crippen LogP contribution < -0.4 is 5.32 Å². The number of carbonyl (C=O) groups is 1. The second kappa shape index (κ2) is 7.53. The van der Waals surface area contributed by atoms with Crippen molar-refractivity contribution in [3.8, 4) is 5.75 Å². The molecule has 0 fully saturated rings. The number of nitrogens with zero attached hydrogens (tertiary/aromatic N) is 1. The number of hydrogen-bond donors (Lipinski definition) is 2. The number of halogens is 2. The van der Waals surface area contributed by atoms with Crippen molar-refractivity contribution >= 4 is 34.2 Å². The summed E-state index contributed by atoms with van der Waals surface area (Å²) in [7, 11) is 3.42. The second-order valence-electron chi connectivity index (χ2n) is 3.66. The molecule has 1 aromatic carbocycles. The average Bonchev–Trinajstić information content (AvgIpc) is 2.22. The highest BCUT2D eigenvalue weighted by atomic mass is 79.9. The normalized spacial score (nSPS) is 9.59. The highest BCUT2D eigenvalue weighted by molar-refractivity contribution is 9.10. The van der Waals surface area contributed by atoms with Gasteiger partial charge in [0.1, 0.15) is 5.75 Å². The van der Waals surface area contributed by atoms with Crippen molar-refractivity contribution in [2.75, 3.05) is 20.6 Å². The van der Waals surface area contributed by atoms with E-state index in [0.717, 1.165) is 10.0 Å². The fraction of sp³-hybridized carbons (Fsp3) is 0.364. The van der Waals surface area contributed by atoms with Gasteiger partial charge in [-0.25, -0.2) is 0 Å². The lowest BCUT2D eigenvalue weighted by molar-refractivity contribution is -0.127. The number of phenols is 1. The Bertz CT molecular complexity index is 386. The van der Waals surface area contributed by atoms with Crippen LogP contribution in [0.15, 0.2) is 22.7 Å². The summed E-state index contributed by atoms with van der Waals surface area (Å²) in [6, 6.07) is 5.21. The summed E-state index contributed by atoms with van der Waals surface area (Å²) in [6.07, 6.45) is 0. The summed E-state index contributed by atoms with van der Waals surface area (Å²) in [5.74, 6) is 0.238. The molecule has 0 aliphatic heterocycles. The molecule has 0 unspecified atom stereocenters. The fourth-order valence-electron chi connectivity index (χ4n) is 1.16. The Balaban J connectivity index is 0.00000256. The number of aromatic hydroxyl groups is 1. The minimum absolute atomic E-state index is 0. The molecule has 0 radical (unpaired) electrons. The quantitative estimate of drug-likeness (QED) is 0.888. The van der Waals surface area contributed by atoms with Crippen LogP contribution in [0.2, 0.25) is 0 Å². The third kappa shape index (κ3) is 5.39. The molecule has 0 aliphatic carbocycles. The molecule has 1 aromatic rings. The molecule has 17 heavy (non-hydrogen) atoms. The van der Waals surface area contributed by atoms with E-state index in [9.17, 15) is 9.90 Å². The van der Waals surface area contributed by atoms with Gasteiger partial charge in [0, 0.05) is 30.7 Å². The highest BCUT2D eigenvalue weighted by Crippen LogP contribution is 2.21. The number of carbonyl (C=O) groups excluding carboxylic acids is 1. The lowest BCUT2D eigenvalue weighted by atomic mass is 10.2. The van der Waals surface area contributed by atoms with Gasteiger partial charge in [-0.3, -0.25) is 4.79 Å². The molecule has 0 saturated heterocycles. The van der Waals surface area contributed by atoms with Crippen LogP contribution in [-0.2, 0) is 11.3 Å². The maximum atomic E-state index is 11.3. The Morgan fingerprint density at radius 2 is 2.12 bits per heavy atom. The van der Waals surface area contributed by atoms with Crippen molar-refractivity contribution in [3.05, 3.63) is 28.2 Å². The number of phenolic OH excluding ortho intramolecular Hbond substituents is 1. The average molecular weight is 324 g/mol. The number of hydrogen-bond acceptors (Lipinski definition) is 3. The maximum Gasteiger partial charge on any atom is 0.236 e. The maximum absolute atomic E-state index is 11.3. The highest BCUT2D eigenvalue weighted by Gasteiger charge is 2.05. The Morgan fingerprint density at radius 1 is 1.47 bits per heavy atom. The molecular formula is C11H16BrClN2O2. The Hall–Kier alpha value is -0.780. The Kier molecular flexibility index (Phi) is 7.18. The molecule has 0 atom stereocenters. The van der Waals surface area contributed by atoms with Crippen LogP contribution in [0, 0.1) is 0 Å². The van der Waals surface area contributed by atoms with Crippen molar-refractivity contribution in [1.82, 2.24) is 10.2 Å². The van der Waals surface area contributed by atoms with Crippen LogP contribution in [0.25, 0.3) is 0 Å². The lowest BCUT2D eigenvalue weighted by Crippen LogP contribution is -2.32. The summed E-state index contributed by atoms with van der Waals surface area (Å²) in [6.45, 7) is 0.726. The zero-order valence-electron chi connectivity index (χ0n) is 9.74. The molecule has 96 valence electrons. The summed E-state index contributed by atoms with van der Waals surface area (Å²) < 4.78 is 0.904. The smallest absolute Gasteiger partial charge is 0.236 e. The van der Waals surface area contributed by atoms with Gasteiger partial charge in [0.05, 0.1) is 6.54 Å². The standard InChI is InChI=1S/C11H15BrN2O2.ClH/c1-14(2)11(16)7-13-6-8-5-9(12)3-4-10(8)15;/h3-5,13,15H,6-7H2,1-2H3;1H. The SMILES string of the molecule is CN(C)C(=O)CNCc1cc(Br)ccc1O.Cl. The van der Waals surface area contributed by atoms with Crippen LogP contribution in [0.1, 0.15) is 5.56 Å². The first kappa shape index (κ1) is 16.2. The van der Waals surface area contributed by atoms with Crippen molar-refractivity contribution in [3.63, 3.8) is 0 Å². The first-order valence-electron chi connectivity index (χ1n) is 4.89. The molecule has 1 amide bonds. The number of amides is 1. The van der Waals surface area contributed by atoms with E-state index in [1.165, 1.54) is 4.90 Å². The van der Waals surface area contributed by atoms with E-state index in [2.05, 4.69) is 21.2 Å². The molecule has 0 spiro atoms. The molecule has 2 N–H and O–H groups in total. The van der Waals surface area contributed by atoms with Gasteiger partial charge in [0.25, 0.3) is 0 Å². The molecule has 4 nitrogen and oxygen atoms in total. The van der Waals surface area contributed by atoms with E-state index in [1.807, 2.05) is 6.07 Å². The first-order chi connectivity index (χ1) is 7.50. The van der Waals surface area contributed by atoms with E-state index in [1.54, 1.807) is 26.2 Å². The Labute approximate surface area is 116 Å². The molecule has 0 bridgehead atoms. The van der Waals surface area contributed by atoms with Gasteiger partial charge in [0.15, 0.2) is 0 Å². The number of likely N-dealkylation sites (N-methyl/N-ethyl adjacent to an activating group) is 1. The first-order valence-corrected chi connectivity index (χ1v) is 5.68. The molecule has 1 rings (SSSR count). The van der Waals surface area contributed by atoms with Crippen molar-refractivity contribution in [2.45, 2.75) is 6.54 Å². The summed E-state index contributed by atoms with van der Waals surface area (Å²) in [4.78, 5) is 12.8. The third-order valence-corrected chi connectivity index (χ3v) is 2.63. The topological polar surface area (TPSA) is 52.6 Å². The lowest BCUT2D eigenvalue weighted by Gasteiger charge is -2.11. The molecule has 0 heterocycles. The second-order valence-corrected chi connectivity index (χ2v) is 4.58.